The second kappa shape index (κ2) is 7.52. The van der Waals surface area contributed by atoms with Crippen LogP contribution in [0.15, 0.2) is 53.6 Å². The molecule has 2 aromatic rings. The number of carbonyl (C=O) groups excluding carboxylic acids is 1. The van der Waals surface area contributed by atoms with Gasteiger partial charge in [-0.05, 0) is 61.9 Å². The predicted molar refractivity (Wildman–Crippen MR) is 113 cm³/mol. The zero-order chi connectivity index (χ0) is 19.8. The number of rotatable bonds is 3. The smallest absolute Gasteiger partial charge is 0.262 e. The lowest BCUT2D eigenvalue weighted by Gasteiger charge is -2.39. The van der Waals surface area contributed by atoms with E-state index in [0.717, 1.165) is 43.1 Å². The molecule has 1 amide bonds. The minimum atomic E-state index is -0.292. The molecule has 0 bridgehead atoms. The molecular weight excluding hydrogens is 364 g/mol. The topological polar surface area (TPSA) is 66.0 Å². The zero-order valence-electron chi connectivity index (χ0n) is 16.6. The molecule has 3 heterocycles. The molecule has 0 radical (unpaired) electrons. The highest BCUT2D eigenvalue weighted by molar-refractivity contribution is 6.09. The average molecular weight is 390 g/mol. The van der Waals surface area contributed by atoms with Gasteiger partial charge in [0.25, 0.3) is 5.91 Å². The third-order valence-corrected chi connectivity index (χ3v) is 6.23. The molecule has 0 aromatic heterocycles. The van der Waals surface area contributed by atoms with E-state index in [2.05, 4.69) is 64.4 Å². The minimum Gasteiger partial charge on any atom is -0.483 e. The van der Waals surface area contributed by atoms with Crippen LogP contribution in [-0.4, -0.2) is 37.0 Å². The molecule has 3 aliphatic heterocycles. The first-order chi connectivity index (χ1) is 14.2. The highest BCUT2D eigenvalue weighted by atomic mass is 16.5. The van der Waals surface area contributed by atoms with Gasteiger partial charge in [-0.3, -0.25) is 4.79 Å². The number of benzene rings is 2. The van der Waals surface area contributed by atoms with Crippen molar-refractivity contribution in [3.05, 3.63) is 59.7 Å². The molecule has 29 heavy (non-hydrogen) atoms. The fourth-order valence-electron chi connectivity index (χ4n) is 4.66. The Bertz CT molecular complexity index is 943. The Morgan fingerprint density at radius 2 is 2.07 bits per heavy atom. The number of hydrogen-bond acceptors (Lipinski definition) is 5. The van der Waals surface area contributed by atoms with E-state index in [9.17, 15) is 4.79 Å². The Balaban J connectivity index is 1.39. The molecule has 6 heteroatoms. The van der Waals surface area contributed by atoms with Crippen molar-refractivity contribution in [1.29, 1.82) is 0 Å². The van der Waals surface area contributed by atoms with Crippen LogP contribution in [0.4, 0.5) is 5.69 Å². The molecule has 2 N–H and O–H groups in total. The van der Waals surface area contributed by atoms with Crippen LogP contribution in [0.1, 0.15) is 36.8 Å². The van der Waals surface area contributed by atoms with E-state index < -0.39 is 0 Å². The molecular formula is C23H26N4O2. The van der Waals surface area contributed by atoms with Crippen molar-refractivity contribution in [3.8, 4) is 5.75 Å². The van der Waals surface area contributed by atoms with Crippen molar-refractivity contribution >= 4 is 17.4 Å². The van der Waals surface area contributed by atoms with Crippen LogP contribution in [0.25, 0.3) is 0 Å². The van der Waals surface area contributed by atoms with Crippen LogP contribution < -0.4 is 20.4 Å². The molecule has 5 rings (SSSR count). The van der Waals surface area contributed by atoms with Gasteiger partial charge in [0.1, 0.15) is 18.4 Å². The molecule has 0 saturated carbocycles. The number of hydrazone groups is 1. The lowest BCUT2D eigenvalue weighted by molar-refractivity contribution is -0.122. The van der Waals surface area contributed by atoms with E-state index in [1.165, 1.54) is 11.1 Å². The Labute approximate surface area is 170 Å². The molecule has 0 spiro atoms. The largest absolute Gasteiger partial charge is 0.483 e. The van der Waals surface area contributed by atoms with Gasteiger partial charge >= 0.3 is 0 Å². The second-order valence-electron chi connectivity index (χ2n) is 8.13. The van der Waals surface area contributed by atoms with Crippen molar-refractivity contribution in [2.45, 2.75) is 44.2 Å². The van der Waals surface area contributed by atoms with Crippen LogP contribution in [-0.2, 0) is 11.2 Å². The van der Waals surface area contributed by atoms with Crippen molar-refractivity contribution in [1.82, 2.24) is 10.7 Å². The third kappa shape index (κ3) is 3.49. The second-order valence-corrected chi connectivity index (χ2v) is 8.13. The highest BCUT2D eigenvalue weighted by Gasteiger charge is 2.35. The Kier molecular flexibility index (Phi) is 4.72. The minimum absolute atomic E-state index is 0.0863. The molecule has 3 aliphatic rings. The number of fused-ring (bicyclic) bond motifs is 3. The van der Waals surface area contributed by atoms with Gasteiger partial charge in [-0.25, -0.2) is 5.43 Å². The highest BCUT2D eigenvalue weighted by Crippen LogP contribution is 2.39. The molecule has 150 valence electrons. The molecule has 6 nitrogen and oxygen atoms in total. The first-order valence-electron chi connectivity index (χ1n) is 10.4. The predicted octanol–water partition coefficient (Wildman–Crippen LogP) is 2.80. The lowest BCUT2D eigenvalue weighted by Crippen LogP contribution is -2.55. The Morgan fingerprint density at radius 1 is 1.21 bits per heavy atom. The number of piperidine rings is 1. The molecule has 1 saturated heterocycles. The molecule has 1 fully saturated rings. The van der Waals surface area contributed by atoms with Gasteiger partial charge in [0.05, 0.1) is 5.69 Å². The average Bonchev–Trinajstić information content (AvgIpc) is 2.76. The number of hydrogen-bond donors (Lipinski definition) is 2. The van der Waals surface area contributed by atoms with Crippen molar-refractivity contribution in [2.24, 2.45) is 5.10 Å². The lowest BCUT2D eigenvalue weighted by atomic mass is 9.84. The number of ether oxygens (including phenoxy) is 1. The Hall–Kier alpha value is -2.86. The summed E-state index contributed by atoms with van der Waals surface area (Å²) in [5.41, 5.74) is 6.22. The van der Waals surface area contributed by atoms with Gasteiger partial charge in [0.15, 0.2) is 5.84 Å². The molecule has 2 aromatic carbocycles. The molecule has 3 atom stereocenters. The van der Waals surface area contributed by atoms with Crippen LogP contribution in [0, 0.1) is 0 Å². The van der Waals surface area contributed by atoms with Gasteiger partial charge in [-0.1, -0.05) is 36.4 Å². The van der Waals surface area contributed by atoms with Crippen LogP contribution in [0.3, 0.4) is 0 Å². The van der Waals surface area contributed by atoms with Gasteiger partial charge in [-0.15, -0.1) is 0 Å². The van der Waals surface area contributed by atoms with E-state index >= 15 is 0 Å². The summed E-state index contributed by atoms with van der Waals surface area (Å²) in [5.74, 6) is 1.99. The van der Waals surface area contributed by atoms with Crippen molar-refractivity contribution < 1.29 is 9.53 Å². The van der Waals surface area contributed by atoms with E-state index in [1.807, 2.05) is 11.8 Å². The fourth-order valence-corrected chi connectivity index (χ4v) is 4.66. The first-order valence-corrected chi connectivity index (χ1v) is 10.4. The van der Waals surface area contributed by atoms with Crippen LogP contribution in [0.2, 0.25) is 0 Å². The summed E-state index contributed by atoms with van der Waals surface area (Å²) >= 11 is 0. The van der Waals surface area contributed by atoms with Crippen molar-refractivity contribution in [3.63, 3.8) is 0 Å². The quantitative estimate of drug-likeness (QED) is 0.846. The number of nitrogens with zero attached hydrogens (tertiary/aromatic N) is 2. The SMILES string of the molecule is CC1C(=O)NN=C2COc3ccc([C@H]4CCN[C@H](Cc5ccccc5)C4)cc3N21. The maximum atomic E-state index is 12.2. The maximum Gasteiger partial charge on any atom is 0.262 e. The van der Waals surface area contributed by atoms with E-state index in [0.29, 0.717) is 18.6 Å². The Morgan fingerprint density at radius 3 is 2.93 bits per heavy atom. The van der Waals surface area contributed by atoms with Crippen LogP contribution >= 0.6 is 0 Å². The summed E-state index contributed by atoms with van der Waals surface area (Å²) in [6.07, 6.45) is 3.26. The van der Waals surface area contributed by atoms with Gasteiger partial charge in [-0.2, -0.15) is 5.10 Å². The fraction of sp³-hybridized carbons (Fsp3) is 0.391. The summed E-state index contributed by atoms with van der Waals surface area (Å²) in [6.45, 7) is 3.31. The van der Waals surface area contributed by atoms with Gasteiger partial charge < -0.3 is 15.0 Å². The van der Waals surface area contributed by atoms with Crippen molar-refractivity contribution in [2.75, 3.05) is 18.1 Å². The summed E-state index contributed by atoms with van der Waals surface area (Å²) in [5, 5.41) is 7.87. The summed E-state index contributed by atoms with van der Waals surface area (Å²) in [7, 11) is 0. The number of amidine groups is 1. The van der Waals surface area contributed by atoms with E-state index in [1.54, 1.807) is 0 Å². The number of anilines is 1. The van der Waals surface area contributed by atoms with Gasteiger partial charge in [0.2, 0.25) is 0 Å². The van der Waals surface area contributed by atoms with E-state index in [4.69, 9.17) is 4.74 Å². The zero-order valence-corrected chi connectivity index (χ0v) is 16.6. The molecule has 0 aliphatic carbocycles. The molecule has 1 unspecified atom stereocenters. The number of amides is 1. The summed E-state index contributed by atoms with van der Waals surface area (Å²) in [4.78, 5) is 14.2. The number of carbonyl (C=O) groups is 1. The maximum absolute atomic E-state index is 12.2. The summed E-state index contributed by atoms with van der Waals surface area (Å²) < 4.78 is 5.88. The number of nitrogens with one attached hydrogen (secondary N) is 2. The first kappa shape index (κ1) is 18.2. The van der Waals surface area contributed by atoms with E-state index in [-0.39, 0.29) is 11.9 Å². The standard InChI is InChI=1S/C23H26N4O2/c1-15-23(28)26-25-22-14-29-21-8-7-17(13-20(21)27(15)22)18-9-10-24-19(12-18)11-16-5-3-2-4-6-16/h2-8,13,15,18-19,24H,9-12,14H2,1H3,(H,26,28)/t15?,18-,19+/m0/s1. The monoisotopic (exact) mass is 390 g/mol. The van der Waals surface area contributed by atoms with Crippen LogP contribution in [0.5, 0.6) is 5.75 Å². The normalized spacial score (nSPS) is 26.0. The summed E-state index contributed by atoms with van der Waals surface area (Å²) in [6, 6.07) is 17.3. The van der Waals surface area contributed by atoms with Gasteiger partial charge in [0, 0.05) is 6.04 Å². The third-order valence-electron chi connectivity index (χ3n) is 6.23.